The second-order valence-corrected chi connectivity index (χ2v) is 4.93. The molecule has 0 atom stereocenters. The molecule has 0 saturated carbocycles. The van der Waals surface area contributed by atoms with E-state index in [2.05, 4.69) is 5.16 Å². The van der Waals surface area contributed by atoms with E-state index < -0.39 is 11.8 Å². The zero-order chi connectivity index (χ0) is 16.8. The van der Waals surface area contributed by atoms with Gasteiger partial charge in [0.05, 0.1) is 0 Å². The number of carbonyl (C=O) groups is 1. The zero-order valence-corrected chi connectivity index (χ0v) is 12.6. The van der Waals surface area contributed by atoms with Crippen LogP contribution in [0.3, 0.4) is 0 Å². The number of nitrogens with zero attached hydrogens (tertiary/aromatic N) is 1. The Bertz CT molecular complexity index is 817. The maximum absolute atomic E-state index is 13.4. The lowest BCUT2D eigenvalue weighted by atomic mass is 10.2. The van der Waals surface area contributed by atoms with E-state index in [1.54, 1.807) is 12.1 Å². The maximum atomic E-state index is 13.4. The number of hydrogen-bond acceptors (Lipinski definition) is 5. The van der Waals surface area contributed by atoms with Crippen LogP contribution in [0, 0.1) is 5.82 Å². The number of halogens is 1. The highest BCUT2D eigenvalue weighted by molar-refractivity contribution is 5.71. The Morgan fingerprint density at radius 1 is 1.08 bits per heavy atom. The Morgan fingerprint density at radius 2 is 1.83 bits per heavy atom. The molecular formula is C18H14FNO4. The number of hydrogen-bond donors (Lipinski definition) is 0. The van der Waals surface area contributed by atoms with E-state index in [-0.39, 0.29) is 19.0 Å². The summed E-state index contributed by atoms with van der Waals surface area (Å²) in [6, 6.07) is 17.0. The van der Waals surface area contributed by atoms with Gasteiger partial charge < -0.3 is 14.0 Å². The molecule has 0 saturated heterocycles. The molecule has 0 bridgehead atoms. The second-order valence-electron chi connectivity index (χ2n) is 4.93. The maximum Gasteiger partial charge on any atom is 0.344 e. The molecule has 0 aliphatic rings. The van der Waals surface area contributed by atoms with Crippen molar-refractivity contribution < 1.29 is 23.2 Å². The van der Waals surface area contributed by atoms with Crippen molar-refractivity contribution in [2.75, 3.05) is 6.61 Å². The molecule has 0 spiro atoms. The summed E-state index contributed by atoms with van der Waals surface area (Å²) in [5.74, 6) is -0.566. The second kappa shape index (κ2) is 7.41. The topological polar surface area (TPSA) is 61.6 Å². The quantitative estimate of drug-likeness (QED) is 0.647. The Morgan fingerprint density at radius 3 is 2.62 bits per heavy atom. The van der Waals surface area contributed by atoms with Crippen molar-refractivity contribution in [2.45, 2.75) is 6.61 Å². The normalized spacial score (nSPS) is 10.4. The number of carbonyl (C=O) groups excluding carboxylic acids is 1. The van der Waals surface area contributed by atoms with Gasteiger partial charge in [-0.3, -0.25) is 0 Å². The van der Waals surface area contributed by atoms with Gasteiger partial charge >= 0.3 is 5.97 Å². The van der Waals surface area contributed by atoms with E-state index in [4.69, 9.17) is 14.0 Å². The summed E-state index contributed by atoms with van der Waals surface area (Å²) in [4.78, 5) is 11.6. The molecular weight excluding hydrogens is 313 g/mol. The van der Waals surface area contributed by atoms with Gasteiger partial charge in [-0.15, -0.1) is 0 Å². The van der Waals surface area contributed by atoms with Crippen LogP contribution in [0.1, 0.15) is 5.69 Å². The van der Waals surface area contributed by atoms with Crippen molar-refractivity contribution in [1.82, 2.24) is 5.16 Å². The first kappa shape index (κ1) is 15.7. The molecule has 6 heteroatoms. The Hall–Kier alpha value is -3.15. The van der Waals surface area contributed by atoms with Crippen molar-refractivity contribution in [1.29, 1.82) is 0 Å². The smallest absolute Gasteiger partial charge is 0.344 e. The number of benzene rings is 2. The number of aromatic nitrogens is 1. The minimum Gasteiger partial charge on any atom is -0.479 e. The highest BCUT2D eigenvalue weighted by Gasteiger charge is 2.11. The molecule has 2 aromatic carbocycles. The summed E-state index contributed by atoms with van der Waals surface area (Å²) in [6.07, 6.45) is 0. The first-order chi connectivity index (χ1) is 11.7. The fourth-order valence-electron chi connectivity index (χ4n) is 2.01. The fraction of sp³-hybridized carbons (Fsp3) is 0.111. The highest BCUT2D eigenvalue weighted by Crippen LogP contribution is 2.20. The first-order valence-corrected chi connectivity index (χ1v) is 7.26. The van der Waals surface area contributed by atoms with Crippen molar-refractivity contribution in [2.24, 2.45) is 0 Å². The molecule has 5 nitrogen and oxygen atoms in total. The number of para-hydroxylation sites is 1. The number of ether oxygens (including phenoxy) is 2. The molecule has 0 aliphatic heterocycles. The molecule has 0 unspecified atom stereocenters. The number of rotatable bonds is 6. The summed E-state index contributed by atoms with van der Waals surface area (Å²) in [5.41, 5.74) is 1.36. The van der Waals surface area contributed by atoms with Crippen molar-refractivity contribution in [3.8, 4) is 17.1 Å². The van der Waals surface area contributed by atoms with Gasteiger partial charge in [-0.2, -0.15) is 0 Å². The van der Waals surface area contributed by atoms with E-state index in [0.29, 0.717) is 11.5 Å². The van der Waals surface area contributed by atoms with E-state index in [0.717, 1.165) is 5.56 Å². The lowest BCUT2D eigenvalue weighted by Gasteiger charge is -2.06. The van der Waals surface area contributed by atoms with Crippen LogP contribution in [0.15, 0.2) is 65.2 Å². The zero-order valence-electron chi connectivity index (χ0n) is 12.6. The third kappa shape index (κ3) is 3.98. The van der Waals surface area contributed by atoms with Crippen LogP contribution in [-0.2, 0) is 16.1 Å². The van der Waals surface area contributed by atoms with Crippen molar-refractivity contribution in [3.05, 3.63) is 72.2 Å². The molecule has 0 aliphatic carbocycles. The van der Waals surface area contributed by atoms with Gasteiger partial charge in [0.15, 0.2) is 23.9 Å². The van der Waals surface area contributed by atoms with Gasteiger partial charge in [-0.1, -0.05) is 47.6 Å². The molecule has 3 aromatic rings. The lowest BCUT2D eigenvalue weighted by Crippen LogP contribution is -2.15. The van der Waals surface area contributed by atoms with E-state index in [1.165, 1.54) is 18.2 Å². The van der Waals surface area contributed by atoms with Crippen LogP contribution in [-0.4, -0.2) is 17.7 Å². The van der Waals surface area contributed by atoms with Gasteiger partial charge in [0.25, 0.3) is 0 Å². The molecule has 0 radical (unpaired) electrons. The molecule has 0 amide bonds. The monoisotopic (exact) mass is 327 g/mol. The van der Waals surface area contributed by atoms with Gasteiger partial charge in [0.1, 0.15) is 12.3 Å². The van der Waals surface area contributed by atoms with E-state index in [1.807, 2.05) is 30.3 Å². The minimum atomic E-state index is -0.623. The minimum absolute atomic E-state index is 0.00208. The Labute approximate surface area is 137 Å². The standard InChI is InChI=1S/C18H14FNO4/c19-15-8-4-5-9-16(15)22-12-18(21)23-11-14-10-17(24-20-14)13-6-2-1-3-7-13/h1-10H,11-12H2. The van der Waals surface area contributed by atoms with Crippen LogP contribution in [0.5, 0.6) is 5.75 Å². The molecule has 1 heterocycles. The molecule has 122 valence electrons. The van der Waals surface area contributed by atoms with Crippen LogP contribution in [0.4, 0.5) is 4.39 Å². The van der Waals surface area contributed by atoms with Gasteiger partial charge in [0.2, 0.25) is 0 Å². The van der Waals surface area contributed by atoms with E-state index >= 15 is 0 Å². The molecule has 1 aromatic heterocycles. The van der Waals surface area contributed by atoms with E-state index in [9.17, 15) is 9.18 Å². The van der Waals surface area contributed by atoms with Crippen LogP contribution < -0.4 is 4.74 Å². The average molecular weight is 327 g/mol. The highest BCUT2D eigenvalue weighted by atomic mass is 19.1. The van der Waals surface area contributed by atoms with Gasteiger partial charge in [-0.25, -0.2) is 9.18 Å². The number of esters is 1. The third-order valence-corrected chi connectivity index (χ3v) is 3.18. The van der Waals surface area contributed by atoms with Crippen LogP contribution in [0.25, 0.3) is 11.3 Å². The average Bonchev–Trinajstić information content (AvgIpc) is 3.09. The molecule has 0 fully saturated rings. The third-order valence-electron chi connectivity index (χ3n) is 3.18. The van der Waals surface area contributed by atoms with Crippen LogP contribution in [0.2, 0.25) is 0 Å². The first-order valence-electron chi connectivity index (χ1n) is 7.26. The lowest BCUT2D eigenvalue weighted by molar-refractivity contribution is -0.147. The SMILES string of the molecule is O=C(COc1ccccc1F)OCc1cc(-c2ccccc2)on1. The summed E-state index contributed by atoms with van der Waals surface area (Å²) in [5, 5.41) is 3.84. The Kier molecular flexibility index (Phi) is 4.86. The largest absolute Gasteiger partial charge is 0.479 e. The van der Waals surface area contributed by atoms with Gasteiger partial charge in [-0.05, 0) is 12.1 Å². The Balaban J connectivity index is 1.50. The van der Waals surface area contributed by atoms with Crippen LogP contribution >= 0.6 is 0 Å². The predicted octanol–water partition coefficient (Wildman–Crippen LogP) is 3.60. The summed E-state index contributed by atoms with van der Waals surface area (Å²) < 4.78 is 28.7. The predicted molar refractivity (Wildman–Crippen MR) is 83.6 cm³/mol. The van der Waals surface area contributed by atoms with Gasteiger partial charge in [0, 0.05) is 11.6 Å². The summed E-state index contributed by atoms with van der Waals surface area (Å²) in [6.45, 7) is -0.430. The fourth-order valence-corrected chi connectivity index (χ4v) is 2.01. The van der Waals surface area contributed by atoms with Crippen molar-refractivity contribution in [3.63, 3.8) is 0 Å². The van der Waals surface area contributed by atoms with Crippen molar-refractivity contribution >= 4 is 5.97 Å². The molecule has 0 N–H and O–H groups in total. The molecule has 3 rings (SSSR count). The summed E-state index contributed by atoms with van der Waals surface area (Å²) >= 11 is 0. The summed E-state index contributed by atoms with van der Waals surface area (Å²) in [7, 11) is 0. The molecule has 24 heavy (non-hydrogen) atoms.